The molecule has 1 rings (SSSR count). The zero-order chi connectivity index (χ0) is 9.61. The lowest BCUT2D eigenvalue weighted by molar-refractivity contribution is 0.402. The SMILES string of the molecule is CC1CCNCC1.CS(=O)(=O)O. The van der Waals surface area contributed by atoms with Crippen LogP contribution in [0.25, 0.3) is 0 Å². The van der Waals surface area contributed by atoms with Crippen LogP contribution in [0.4, 0.5) is 0 Å². The van der Waals surface area contributed by atoms with Gasteiger partial charge >= 0.3 is 0 Å². The van der Waals surface area contributed by atoms with Crippen molar-refractivity contribution in [3.05, 3.63) is 0 Å². The van der Waals surface area contributed by atoms with Crippen molar-refractivity contribution in [1.82, 2.24) is 5.32 Å². The maximum atomic E-state index is 9.19. The fourth-order valence-electron chi connectivity index (χ4n) is 0.966. The Balaban J connectivity index is 0.000000217. The number of hydrogen-bond donors (Lipinski definition) is 2. The highest BCUT2D eigenvalue weighted by molar-refractivity contribution is 7.85. The molecule has 5 heteroatoms. The zero-order valence-corrected chi connectivity index (χ0v) is 8.39. The van der Waals surface area contributed by atoms with Crippen molar-refractivity contribution in [3.8, 4) is 0 Å². The second kappa shape index (κ2) is 5.50. The van der Waals surface area contributed by atoms with Crippen LogP contribution in [0.5, 0.6) is 0 Å². The van der Waals surface area contributed by atoms with Gasteiger partial charge in [0.2, 0.25) is 0 Å². The van der Waals surface area contributed by atoms with Gasteiger partial charge in [0.05, 0.1) is 6.26 Å². The van der Waals surface area contributed by atoms with Crippen LogP contribution in [0.2, 0.25) is 0 Å². The third-order valence-corrected chi connectivity index (χ3v) is 1.63. The summed E-state index contributed by atoms with van der Waals surface area (Å²) in [6, 6.07) is 0. The summed E-state index contributed by atoms with van der Waals surface area (Å²) in [6.07, 6.45) is 3.47. The van der Waals surface area contributed by atoms with Crippen LogP contribution >= 0.6 is 0 Å². The first-order valence-electron chi connectivity index (χ1n) is 4.03. The summed E-state index contributed by atoms with van der Waals surface area (Å²) in [7, 11) is -3.67. The van der Waals surface area contributed by atoms with E-state index >= 15 is 0 Å². The van der Waals surface area contributed by atoms with Crippen molar-refractivity contribution in [3.63, 3.8) is 0 Å². The van der Waals surface area contributed by atoms with Gasteiger partial charge in [0.25, 0.3) is 10.1 Å². The van der Waals surface area contributed by atoms with E-state index in [1.807, 2.05) is 0 Å². The lowest BCUT2D eigenvalue weighted by atomic mass is 10.0. The van der Waals surface area contributed by atoms with Gasteiger partial charge in [-0.2, -0.15) is 8.42 Å². The van der Waals surface area contributed by atoms with Crippen LogP contribution in [0.3, 0.4) is 0 Å². The van der Waals surface area contributed by atoms with E-state index in [9.17, 15) is 8.42 Å². The Morgan fingerprint density at radius 2 is 1.67 bits per heavy atom. The average Bonchev–Trinajstić information content (AvgIpc) is 1.85. The molecule has 0 saturated carbocycles. The van der Waals surface area contributed by atoms with E-state index in [1.165, 1.54) is 25.9 Å². The van der Waals surface area contributed by atoms with Crippen LogP contribution in [0.1, 0.15) is 19.8 Å². The molecule has 1 aliphatic heterocycles. The minimum absolute atomic E-state index is 0.715. The quantitative estimate of drug-likeness (QED) is 0.553. The van der Waals surface area contributed by atoms with Gasteiger partial charge in [-0.25, -0.2) is 0 Å². The molecule has 0 spiro atoms. The highest BCUT2D eigenvalue weighted by Gasteiger charge is 2.04. The Hall–Kier alpha value is -0.130. The molecule has 1 heterocycles. The first-order chi connectivity index (χ1) is 5.39. The maximum absolute atomic E-state index is 9.19. The van der Waals surface area contributed by atoms with E-state index < -0.39 is 10.1 Å². The molecule has 12 heavy (non-hydrogen) atoms. The van der Waals surface area contributed by atoms with E-state index in [0.29, 0.717) is 6.26 Å². The number of hydrogen-bond acceptors (Lipinski definition) is 3. The lowest BCUT2D eigenvalue weighted by Crippen LogP contribution is -2.26. The predicted molar refractivity (Wildman–Crippen MR) is 48.7 cm³/mol. The standard InChI is InChI=1S/C6H13N.CH4O3S/c1-6-2-4-7-5-3-6;1-5(2,3)4/h6-7H,2-5H2,1H3;1H3,(H,2,3,4). The molecule has 0 aliphatic carbocycles. The fraction of sp³-hybridized carbons (Fsp3) is 1.00. The third-order valence-electron chi connectivity index (χ3n) is 1.63. The van der Waals surface area contributed by atoms with Gasteiger partial charge in [-0.05, 0) is 31.8 Å². The van der Waals surface area contributed by atoms with Crippen molar-refractivity contribution in [2.24, 2.45) is 5.92 Å². The highest BCUT2D eigenvalue weighted by Crippen LogP contribution is 2.08. The largest absolute Gasteiger partial charge is 0.317 e. The molecule has 1 aliphatic rings. The molecule has 0 bridgehead atoms. The average molecular weight is 195 g/mol. The predicted octanol–water partition coefficient (Wildman–Crippen LogP) is 0.510. The molecule has 0 atom stereocenters. The Bertz CT molecular complexity index is 187. The molecule has 1 saturated heterocycles. The summed E-state index contributed by atoms with van der Waals surface area (Å²) in [6.45, 7) is 4.79. The molecule has 0 aromatic heterocycles. The third kappa shape index (κ3) is 12.5. The highest BCUT2D eigenvalue weighted by atomic mass is 32.2. The van der Waals surface area contributed by atoms with Gasteiger partial charge in [0.15, 0.2) is 0 Å². The summed E-state index contributed by atoms with van der Waals surface area (Å²) >= 11 is 0. The molecule has 1 fully saturated rings. The summed E-state index contributed by atoms with van der Waals surface area (Å²) in [5, 5.41) is 3.32. The molecule has 0 radical (unpaired) electrons. The first-order valence-corrected chi connectivity index (χ1v) is 5.87. The Kier molecular flexibility index (Phi) is 5.44. The van der Waals surface area contributed by atoms with E-state index in [2.05, 4.69) is 12.2 Å². The van der Waals surface area contributed by atoms with Crippen molar-refractivity contribution in [1.29, 1.82) is 0 Å². The van der Waals surface area contributed by atoms with E-state index in [1.54, 1.807) is 0 Å². The van der Waals surface area contributed by atoms with Gasteiger partial charge < -0.3 is 5.32 Å². The molecule has 0 amide bonds. The normalized spacial score (nSPS) is 19.6. The van der Waals surface area contributed by atoms with Gasteiger partial charge in [-0.15, -0.1) is 0 Å². The van der Waals surface area contributed by atoms with Gasteiger partial charge in [-0.1, -0.05) is 6.92 Å². The second-order valence-corrected chi connectivity index (χ2v) is 4.63. The van der Waals surface area contributed by atoms with Crippen LogP contribution in [0, 0.1) is 5.92 Å². The molecular formula is C7H17NO3S. The van der Waals surface area contributed by atoms with Crippen LogP contribution in [0.15, 0.2) is 0 Å². The number of piperidine rings is 1. The smallest absolute Gasteiger partial charge is 0.261 e. The van der Waals surface area contributed by atoms with Crippen molar-refractivity contribution in [2.75, 3.05) is 19.3 Å². The number of nitrogens with one attached hydrogen (secondary N) is 1. The first kappa shape index (κ1) is 11.9. The Morgan fingerprint density at radius 3 is 1.83 bits per heavy atom. The van der Waals surface area contributed by atoms with Gasteiger partial charge in [0, 0.05) is 0 Å². The Morgan fingerprint density at radius 1 is 1.33 bits per heavy atom. The van der Waals surface area contributed by atoms with Crippen LogP contribution < -0.4 is 5.32 Å². The summed E-state index contributed by atoms with van der Waals surface area (Å²) in [5.41, 5.74) is 0. The zero-order valence-electron chi connectivity index (χ0n) is 7.58. The van der Waals surface area contributed by atoms with Crippen molar-refractivity contribution < 1.29 is 13.0 Å². The molecule has 4 nitrogen and oxygen atoms in total. The molecule has 0 aromatic carbocycles. The maximum Gasteiger partial charge on any atom is 0.261 e. The summed E-state index contributed by atoms with van der Waals surface area (Å²) < 4.78 is 25.9. The summed E-state index contributed by atoms with van der Waals surface area (Å²) in [4.78, 5) is 0. The molecular weight excluding hydrogens is 178 g/mol. The molecule has 0 aromatic rings. The lowest BCUT2D eigenvalue weighted by Gasteiger charge is -2.17. The second-order valence-electron chi connectivity index (χ2n) is 3.17. The van der Waals surface area contributed by atoms with Crippen molar-refractivity contribution >= 4 is 10.1 Å². The summed E-state index contributed by atoms with van der Waals surface area (Å²) in [5.74, 6) is 0.973. The van der Waals surface area contributed by atoms with E-state index in [4.69, 9.17) is 4.55 Å². The van der Waals surface area contributed by atoms with Crippen LogP contribution in [-0.4, -0.2) is 32.3 Å². The molecule has 2 N–H and O–H groups in total. The minimum Gasteiger partial charge on any atom is -0.317 e. The molecule has 74 valence electrons. The van der Waals surface area contributed by atoms with Crippen LogP contribution in [-0.2, 0) is 10.1 Å². The Labute approximate surface area is 74.1 Å². The van der Waals surface area contributed by atoms with Crippen molar-refractivity contribution in [2.45, 2.75) is 19.8 Å². The fourth-order valence-corrected chi connectivity index (χ4v) is 0.966. The van der Waals surface area contributed by atoms with Gasteiger partial charge in [-0.3, -0.25) is 4.55 Å². The number of rotatable bonds is 0. The minimum atomic E-state index is -3.67. The van der Waals surface area contributed by atoms with E-state index in [0.717, 1.165) is 5.92 Å². The molecule has 0 unspecified atom stereocenters. The monoisotopic (exact) mass is 195 g/mol. The topological polar surface area (TPSA) is 66.4 Å². The van der Waals surface area contributed by atoms with Gasteiger partial charge in [0.1, 0.15) is 0 Å². The van der Waals surface area contributed by atoms with E-state index in [-0.39, 0.29) is 0 Å².